The fourth-order valence-electron chi connectivity index (χ4n) is 5.52. The Morgan fingerprint density at radius 2 is 1.93 bits per heavy atom. The number of nitrogens with zero attached hydrogens (tertiary/aromatic N) is 5. The van der Waals surface area contributed by atoms with E-state index in [1.54, 1.807) is 32.9 Å². The number of hydrogen-bond acceptors (Lipinski definition) is 8. The molecule has 45 heavy (non-hydrogen) atoms. The Kier molecular flexibility index (Phi) is 8.95. The van der Waals surface area contributed by atoms with Crippen LogP contribution >= 0.6 is 0 Å². The molecule has 0 aliphatic heterocycles. The number of ether oxygens (including phenoxy) is 1. The predicted octanol–water partition coefficient (Wildman–Crippen LogP) is 6.87. The molecule has 2 N–H and O–H groups in total. The van der Waals surface area contributed by atoms with E-state index in [0.717, 1.165) is 19.1 Å². The first kappa shape index (κ1) is 32.0. The lowest BCUT2D eigenvalue weighted by Gasteiger charge is -2.36. The Labute approximate surface area is 259 Å². The molecule has 0 atom stereocenters. The van der Waals surface area contributed by atoms with E-state index in [9.17, 15) is 28.3 Å². The van der Waals surface area contributed by atoms with Gasteiger partial charge in [-0.1, -0.05) is 6.92 Å². The molecule has 2 saturated carbocycles. The molecule has 2 aliphatic carbocycles. The summed E-state index contributed by atoms with van der Waals surface area (Å²) in [5, 5.41) is 16.2. The predicted molar refractivity (Wildman–Crippen MR) is 159 cm³/mol. The summed E-state index contributed by atoms with van der Waals surface area (Å²) in [6.07, 6.45) is 4.72. The Balaban J connectivity index is 1.31. The van der Waals surface area contributed by atoms with Crippen molar-refractivity contribution in [3.05, 3.63) is 42.2 Å². The first-order chi connectivity index (χ1) is 21.3. The first-order valence-corrected chi connectivity index (χ1v) is 15.1. The van der Waals surface area contributed by atoms with Crippen molar-refractivity contribution >= 4 is 29.5 Å². The molecule has 3 aromatic rings. The first-order valence-electron chi connectivity index (χ1n) is 15.1. The normalized spacial score (nSPS) is 20.2. The van der Waals surface area contributed by atoms with Crippen LogP contribution in [-0.2, 0) is 9.53 Å². The zero-order valence-electron chi connectivity index (χ0n) is 25.8. The van der Waals surface area contributed by atoms with Crippen LogP contribution < -0.4 is 10.2 Å². The molecule has 0 spiro atoms. The summed E-state index contributed by atoms with van der Waals surface area (Å²) in [7, 11) is 0. The molecule has 12 nitrogen and oxygen atoms in total. The molecule has 14 heteroatoms. The second kappa shape index (κ2) is 12.6. The van der Waals surface area contributed by atoms with Crippen molar-refractivity contribution in [2.24, 2.45) is 11.3 Å². The highest BCUT2D eigenvalue weighted by atomic mass is 19.3. The van der Waals surface area contributed by atoms with Crippen LogP contribution in [0, 0.1) is 11.3 Å². The number of amides is 2. The van der Waals surface area contributed by atoms with E-state index in [-0.39, 0.29) is 23.3 Å². The van der Waals surface area contributed by atoms with Gasteiger partial charge in [-0.2, -0.15) is 5.10 Å². The lowest BCUT2D eigenvalue weighted by molar-refractivity contribution is -0.151. The van der Waals surface area contributed by atoms with Gasteiger partial charge in [-0.3, -0.25) is 19.2 Å². The van der Waals surface area contributed by atoms with Gasteiger partial charge in [0, 0.05) is 24.5 Å². The Bertz CT molecular complexity index is 1550. The zero-order valence-corrected chi connectivity index (χ0v) is 25.8. The number of aromatic nitrogens is 4. The van der Waals surface area contributed by atoms with Crippen molar-refractivity contribution in [1.82, 2.24) is 19.7 Å². The molecule has 5 rings (SSSR count). The molecule has 0 unspecified atom stereocenters. The number of carbonyl (C=O) groups is 3. The van der Waals surface area contributed by atoms with Crippen LogP contribution in [0.15, 0.2) is 35.2 Å². The molecule has 2 fully saturated rings. The van der Waals surface area contributed by atoms with Crippen molar-refractivity contribution in [3.63, 3.8) is 0 Å². The number of carbonyl (C=O) groups excluding carboxylic acids is 2. The van der Waals surface area contributed by atoms with Crippen molar-refractivity contribution in [3.8, 4) is 11.5 Å². The summed E-state index contributed by atoms with van der Waals surface area (Å²) in [6.45, 7) is 7.64. The number of pyridine rings is 1. The number of anilines is 2. The number of carboxylic acids is 1. The largest absolute Gasteiger partial charge is 0.481 e. The Morgan fingerprint density at radius 1 is 1.22 bits per heavy atom. The molecular formula is C31H38F2N6O6. The maximum Gasteiger partial charge on any atom is 0.416 e. The molecule has 3 heterocycles. The summed E-state index contributed by atoms with van der Waals surface area (Å²) in [4.78, 5) is 47.9. The van der Waals surface area contributed by atoms with Crippen LogP contribution in [-0.4, -0.2) is 55.0 Å². The van der Waals surface area contributed by atoms with Gasteiger partial charge in [0.25, 0.3) is 12.3 Å². The third-order valence-corrected chi connectivity index (χ3v) is 8.39. The molecule has 242 valence electrons. The second-order valence-corrected chi connectivity index (χ2v) is 12.8. The second-order valence-electron chi connectivity index (χ2n) is 12.8. The van der Waals surface area contributed by atoms with Gasteiger partial charge < -0.3 is 19.6 Å². The standard InChI is InChI=1S/C31H38F2N6O6/c1-5-31(28(41)42)11-8-20(9-12-31)39-16-21(24(37-39)25(32)33)35-26(40)22-17-44-27(36-22)19-10-13-34-23(14-19)38(15-18-6-7-18)29(43)45-30(2,3)4/h10,13-14,16-18,20,25H,5-9,11-12,15H2,1-4H3,(H,35,40)(H,41,42). The van der Waals surface area contributed by atoms with E-state index < -0.39 is 41.1 Å². The number of oxazole rings is 1. The van der Waals surface area contributed by atoms with Crippen LogP contribution in [0.25, 0.3) is 11.5 Å². The van der Waals surface area contributed by atoms with E-state index in [4.69, 9.17) is 9.15 Å². The fourth-order valence-corrected chi connectivity index (χ4v) is 5.52. The van der Waals surface area contributed by atoms with Crippen LogP contribution in [0.1, 0.15) is 101 Å². The van der Waals surface area contributed by atoms with Crippen LogP contribution in [0.5, 0.6) is 0 Å². The maximum absolute atomic E-state index is 13.9. The van der Waals surface area contributed by atoms with Gasteiger partial charge in [0.15, 0.2) is 11.4 Å². The summed E-state index contributed by atoms with van der Waals surface area (Å²) in [5.74, 6) is -0.850. The van der Waals surface area contributed by atoms with E-state index in [0.29, 0.717) is 55.9 Å². The van der Waals surface area contributed by atoms with Gasteiger partial charge >= 0.3 is 12.1 Å². The minimum Gasteiger partial charge on any atom is -0.481 e. The quantitative estimate of drug-likeness (QED) is 0.245. The highest BCUT2D eigenvalue weighted by Crippen LogP contribution is 2.44. The van der Waals surface area contributed by atoms with Gasteiger partial charge in [-0.15, -0.1) is 0 Å². The lowest BCUT2D eigenvalue weighted by atomic mass is 9.71. The average Bonchev–Trinajstić information content (AvgIpc) is 3.49. The third-order valence-electron chi connectivity index (χ3n) is 8.39. The maximum atomic E-state index is 13.9. The SMILES string of the molecule is CCC1(C(=O)O)CCC(n2cc(NC(=O)c3coc(-c4ccnc(N(CC5CC5)C(=O)OC(C)(C)C)c4)n3)c(C(F)F)n2)CC1. The molecule has 0 aromatic carbocycles. The minimum absolute atomic E-state index is 0.0733. The molecule has 2 aliphatic rings. The van der Waals surface area contributed by atoms with Crippen molar-refractivity contribution in [2.45, 2.75) is 90.7 Å². The van der Waals surface area contributed by atoms with Crippen LogP contribution in [0.4, 0.5) is 25.1 Å². The number of aliphatic carboxylic acids is 1. The number of halogens is 2. The lowest BCUT2D eigenvalue weighted by Crippen LogP contribution is -2.38. The monoisotopic (exact) mass is 628 g/mol. The van der Waals surface area contributed by atoms with Gasteiger partial charge in [0.2, 0.25) is 5.89 Å². The molecule has 0 bridgehead atoms. The van der Waals surface area contributed by atoms with Crippen LogP contribution in [0.2, 0.25) is 0 Å². The van der Waals surface area contributed by atoms with Gasteiger partial charge in [0.1, 0.15) is 17.7 Å². The van der Waals surface area contributed by atoms with E-state index in [1.807, 2.05) is 6.92 Å². The number of rotatable bonds is 10. The average molecular weight is 629 g/mol. The molecule has 3 aromatic heterocycles. The number of alkyl halides is 2. The van der Waals surface area contributed by atoms with E-state index >= 15 is 0 Å². The van der Waals surface area contributed by atoms with Crippen molar-refractivity contribution < 1.29 is 37.4 Å². The Morgan fingerprint density at radius 3 is 2.53 bits per heavy atom. The van der Waals surface area contributed by atoms with Gasteiger partial charge in [0.05, 0.1) is 17.1 Å². The number of nitrogens with one attached hydrogen (secondary N) is 1. The molecule has 0 saturated heterocycles. The number of carboxylic acid groups (broad SMARTS) is 1. The molecular weight excluding hydrogens is 590 g/mol. The fraction of sp³-hybridized carbons (Fsp3) is 0.548. The summed E-state index contributed by atoms with van der Waals surface area (Å²) < 4.78 is 40.4. The minimum atomic E-state index is -2.95. The summed E-state index contributed by atoms with van der Waals surface area (Å²) in [6, 6.07) is 2.95. The van der Waals surface area contributed by atoms with Gasteiger partial charge in [-0.25, -0.2) is 23.5 Å². The third kappa shape index (κ3) is 7.31. The summed E-state index contributed by atoms with van der Waals surface area (Å²) in [5.41, 5.74) is -1.97. The highest BCUT2D eigenvalue weighted by molar-refractivity contribution is 6.03. The van der Waals surface area contributed by atoms with Crippen molar-refractivity contribution in [1.29, 1.82) is 0 Å². The number of hydrogen-bond donors (Lipinski definition) is 2. The highest BCUT2D eigenvalue weighted by Gasteiger charge is 2.41. The molecule has 0 radical (unpaired) electrons. The zero-order chi connectivity index (χ0) is 32.5. The van der Waals surface area contributed by atoms with Gasteiger partial charge in [-0.05, 0) is 83.8 Å². The van der Waals surface area contributed by atoms with E-state index in [2.05, 4.69) is 20.4 Å². The smallest absolute Gasteiger partial charge is 0.416 e. The Hall–Kier alpha value is -4.36. The molecule has 2 amide bonds. The topological polar surface area (TPSA) is 153 Å². The van der Waals surface area contributed by atoms with E-state index in [1.165, 1.54) is 22.0 Å². The van der Waals surface area contributed by atoms with Crippen molar-refractivity contribution in [2.75, 3.05) is 16.8 Å². The van der Waals surface area contributed by atoms with Crippen LogP contribution in [0.3, 0.4) is 0 Å². The summed E-state index contributed by atoms with van der Waals surface area (Å²) >= 11 is 0.